The molecule has 0 aromatic heterocycles. The first kappa shape index (κ1) is 22.1. The zero-order valence-electron chi connectivity index (χ0n) is 19.0. The van der Waals surface area contributed by atoms with Crippen LogP contribution in [0.1, 0.15) is 21.5 Å². The highest BCUT2D eigenvalue weighted by Crippen LogP contribution is 2.34. The topological polar surface area (TPSA) is 46.8 Å². The van der Waals surface area contributed by atoms with E-state index in [9.17, 15) is 9.90 Å². The Morgan fingerprint density at radius 3 is 1.81 bits per heavy atom. The van der Waals surface area contributed by atoms with Crippen LogP contribution in [0.25, 0.3) is 5.57 Å². The normalized spacial score (nSPS) is 12.7. The molecule has 0 spiro atoms. The van der Waals surface area contributed by atoms with Gasteiger partial charge in [0.25, 0.3) is 0 Å². The molecule has 1 N–H and O–H groups in total. The minimum Gasteiger partial charge on any atom is -0.478 e. The van der Waals surface area contributed by atoms with Crippen LogP contribution in [-0.4, -0.2) is 63.6 Å². The highest BCUT2D eigenvalue weighted by atomic mass is 16.4. The SMILES string of the molecule is CN(C)c1ccc(C(=C2C=CC(=[N+](C)C)C=C2)c2ccc(N(C)C)cc2C(=O)O)cc1. The molecule has 1 aliphatic rings. The van der Waals surface area contributed by atoms with Crippen molar-refractivity contribution in [2.45, 2.75) is 0 Å². The van der Waals surface area contributed by atoms with Crippen molar-refractivity contribution in [1.82, 2.24) is 0 Å². The van der Waals surface area contributed by atoms with E-state index in [1.165, 1.54) is 0 Å². The van der Waals surface area contributed by atoms with Gasteiger partial charge < -0.3 is 14.9 Å². The average molecular weight is 417 g/mol. The second-order valence-electron chi connectivity index (χ2n) is 8.19. The first-order valence-electron chi connectivity index (χ1n) is 10.2. The Bertz CT molecular complexity index is 1100. The number of carbonyl (C=O) groups is 1. The van der Waals surface area contributed by atoms with Gasteiger partial charge in [0, 0.05) is 51.7 Å². The van der Waals surface area contributed by atoms with Crippen LogP contribution in [0.5, 0.6) is 0 Å². The Kier molecular flexibility index (Phi) is 6.44. The lowest BCUT2D eigenvalue weighted by atomic mass is 9.87. The third-order valence-electron chi connectivity index (χ3n) is 5.36. The number of hydrogen-bond acceptors (Lipinski definition) is 3. The minimum absolute atomic E-state index is 0.287. The molecule has 0 amide bonds. The molecule has 0 atom stereocenters. The quantitative estimate of drug-likeness (QED) is 0.744. The summed E-state index contributed by atoms with van der Waals surface area (Å²) in [6, 6.07) is 13.8. The second-order valence-corrected chi connectivity index (χ2v) is 8.19. The van der Waals surface area contributed by atoms with Gasteiger partial charge in [0.2, 0.25) is 0 Å². The van der Waals surface area contributed by atoms with Crippen molar-refractivity contribution < 1.29 is 14.5 Å². The number of carboxylic acids is 1. The summed E-state index contributed by atoms with van der Waals surface area (Å²) in [4.78, 5) is 16.2. The van der Waals surface area contributed by atoms with E-state index >= 15 is 0 Å². The van der Waals surface area contributed by atoms with Crippen LogP contribution in [0.2, 0.25) is 0 Å². The zero-order valence-corrected chi connectivity index (χ0v) is 19.0. The molecule has 5 heteroatoms. The van der Waals surface area contributed by atoms with Gasteiger partial charge in [0.1, 0.15) is 14.1 Å². The summed E-state index contributed by atoms with van der Waals surface area (Å²) in [6.07, 6.45) is 8.21. The molecule has 160 valence electrons. The number of allylic oxidation sites excluding steroid dienone is 5. The summed E-state index contributed by atoms with van der Waals surface area (Å²) < 4.78 is 2.05. The van der Waals surface area contributed by atoms with Gasteiger partial charge in [-0.25, -0.2) is 9.37 Å². The predicted molar refractivity (Wildman–Crippen MR) is 130 cm³/mol. The van der Waals surface area contributed by atoms with Crippen LogP contribution >= 0.6 is 0 Å². The molecule has 0 aliphatic heterocycles. The number of anilines is 2. The third kappa shape index (κ3) is 4.77. The van der Waals surface area contributed by atoms with E-state index in [0.29, 0.717) is 5.56 Å². The smallest absolute Gasteiger partial charge is 0.336 e. The highest BCUT2D eigenvalue weighted by molar-refractivity contribution is 6.05. The molecule has 3 rings (SSSR count). The van der Waals surface area contributed by atoms with Crippen molar-refractivity contribution in [3.8, 4) is 0 Å². The molecule has 0 bridgehead atoms. The Hall–Kier alpha value is -3.60. The van der Waals surface area contributed by atoms with E-state index in [-0.39, 0.29) is 5.56 Å². The fourth-order valence-electron chi connectivity index (χ4n) is 3.54. The number of aromatic carboxylic acids is 1. The van der Waals surface area contributed by atoms with Crippen LogP contribution in [0.3, 0.4) is 0 Å². The van der Waals surface area contributed by atoms with E-state index in [0.717, 1.165) is 33.8 Å². The Labute approximate surface area is 184 Å². The van der Waals surface area contributed by atoms with Crippen LogP contribution in [-0.2, 0) is 0 Å². The average Bonchev–Trinajstić information content (AvgIpc) is 2.74. The molecule has 0 saturated heterocycles. The molecular formula is C26H30N3O2+. The molecule has 0 radical (unpaired) electrons. The minimum atomic E-state index is -0.939. The molecule has 0 heterocycles. The van der Waals surface area contributed by atoms with Gasteiger partial charge in [-0.05, 0) is 58.7 Å². The largest absolute Gasteiger partial charge is 0.478 e. The van der Waals surface area contributed by atoms with Crippen LogP contribution < -0.4 is 9.80 Å². The van der Waals surface area contributed by atoms with Crippen LogP contribution in [0, 0.1) is 0 Å². The monoisotopic (exact) mass is 416 g/mol. The maximum absolute atomic E-state index is 12.2. The lowest BCUT2D eigenvalue weighted by Crippen LogP contribution is -2.12. The maximum atomic E-state index is 12.2. The second kappa shape index (κ2) is 9.04. The summed E-state index contributed by atoms with van der Waals surface area (Å²) >= 11 is 0. The molecule has 5 nitrogen and oxygen atoms in total. The molecule has 0 unspecified atom stereocenters. The van der Waals surface area contributed by atoms with Crippen molar-refractivity contribution >= 4 is 28.6 Å². The van der Waals surface area contributed by atoms with Crippen molar-refractivity contribution in [3.63, 3.8) is 0 Å². The number of carboxylic acid groups (broad SMARTS) is 1. The van der Waals surface area contributed by atoms with Gasteiger partial charge in [0.15, 0.2) is 5.71 Å². The molecule has 0 saturated carbocycles. The van der Waals surface area contributed by atoms with Gasteiger partial charge in [-0.1, -0.05) is 18.2 Å². The van der Waals surface area contributed by atoms with Gasteiger partial charge in [-0.2, -0.15) is 0 Å². The predicted octanol–water partition coefficient (Wildman–Crippen LogP) is 4.16. The van der Waals surface area contributed by atoms with Gasteiger partial charge >= 0.3 is 5.97 Å². The van der Waals surface area contributed by atoms with E-state index in [1.54, 1.807) is 6.07 Å². The lowest BCUT2D eigenvalue weighted by molar-refractivity contribution is -0.462. The molecule has 31 heavy (non-hydrogen) atoms. The van der Waals surface area contributed by atoms with Crippen molar-refractivity contribution in [2.75, 3.05) is 52.1 Å². The summed E-state index contributed by atoms with van der Waals surface area (Å²) in [5, 5.41) is 10.0. The third-order valence-corrected chi connectivity index (χ3v) is 5.36. The van der Waals surface area contributed by atoms with Crippen molar-refractivity contribution in [2.24, 2.45) is 0 Å². The van der Waals surface area contributed by atoms with Crippen molar-refractivity contribution in [3.05, 3.63) is 89.0 Å². The number of rotatable bonds is 5. The van der Waals surface area contributed by atoms with E-state index in [1.807, 2.05) is 68.8 Å². The lowest BCUT2D eigenvalue weighted by Gasteiger charge is -2.20. The molecule has 2 aromatic rings. The summed E-state index contributed by atoms with van der Waals surface area (Å²) in [7, 11) is 11.8. The first-order valence-corrected chi connectivity index (χ1v) is 10.2. The van der Waals surface area contributed by atoms with E-state index < -0.39 is 5.97 Å². The Balaban J connectivity index is 2.27. The number of benzene rings is 2. The van der Waals surface area contributed by atoms with Gasteiger partial charge in [-0.15, -0.1) is 0 Å². The molecule has 2 aromatic carbocycles. The maximum Gasteiger partial charge on any atom is 0.336 e. The number of hydrogen-bond donors (Lipinski definition) is 1. The molecular weight excluding hydrogens is 386 g/mol. The number of nitrogens with zero attached hydrogens (tertiary/aromatic N) is 3. The Morgan fingerprint density at radius 2 is 1.32 bits per heavy atom. The highest BCUT2D eigenvalue weighted by Gasteiger charge is 2.20. The standard InChI is InChI=1S/C26H29N3O2/c1-27(2)20-11-7-18(8-12-20)25(19-9-13-21(14-10-19)28(3)4)23-16-15-22(29(5)6)17-24(23)26(30)31/h7-17H,1-6H3/p+1. The van der Waals surface area contributed by atoms with E-state index in [4.69, 9.17) is 0 Å². The fraction of sp³-hybridized carbons (Fsp3) is 0.231. The van der Waals surface area contributed by atoms with Gasteiger partial charge in [0.05, 0.1) is 5.56 Å². The zero-order chi connectivity index (χ0) is 22.7. The van der Waals surface area contributed by atoms with Crippen LogP contribution in [0.4, 0.5) is 11.4 Å². The fourth-order valence-corrected chi connectivity index (χ4v) is 3.54. The summed E-state index contributed by atoms with van der Waals surface area (Å²) in [5.41, 5.74) is 6.87. The Morgan fingerprint density at radius 1 is 0.774 bits per heavy atom. The van der Waals surface area contributed by atoms with Gasteiger partial charge in [-0.3, -0.25) is 0 Å². The molecule has 1 aliphatic carbocycles. The van der Waals surface area contributed by atoms with E-state index in [2.05, 4.69) is 48.6 Å². The molecule has 0 fully saturated rings. The summed E-state index contributed by atoms with van der Waals surface area (Å²) in [6.45, 7) is 0. The summed E-state index contributed by atoms with van der Waals surface area (Å²) in [5.74, 6) is -0.939. The van der Waals surface area contributed by atoms with Crippen LogP contribution in [0.15, 0.2) is 72.3 Å². The van der Waals surface area contributed by atoms with Crippen molar-refractivity contribution in [1.29, 1.82) is 0 Å². The first-order chi connectivity index (χ1) is 14.7.